The van der Waals surface area contributed by atoms with Gasteiger partial charge in [0.2, 0.25) is 5.91 Å². The fourth-order valence-corrected chi connectivity index (χ4v) is 3.53. The summed E-state index contributed by atoms with van der Waals surface area (Å²) in [7, 11) is 4.10. The third-order valence-corrected chi connectivity index (χ3v) is 4.43. The zero-order valence-electron chi connectivity index (χ0n) is 15.4. The average Bonchev–Trinajstić information content (AvgIpc) is 2.56. The number of amides is 1. The van der Waals surface area contributed by atoms with E-state index >= 15 is 0 Å². The van der Waals surface area contributed by atoms with Crippen LogP contribution in [0.15, 0.2) is 48.5 Å². The monoisotopic (exact) mass is 338 g/mol. The normalized spacial score (nSPS) is 13.8. The van der Waals surface area contributed by atoms with Crippen molar-refractivity contribution >= 4 is 5.91 Å². The maximum atomic E-state index is 13.1. The number of para-hydroxylation sites is 2. The van der Waals surface area contributed by atoms with Crippen LogP contribution in [0.1, 0.15) is 30.9 Å². The molecule has 0 radical (unpaired) electrons. The zero-order valence-corrected chi connectivity index (χ0v) is 15.4. The Balaban J connectivity index is 1.85. The molecule has 1 aliphatic rings. The molecule has 1 aliphatic heterocycles. The van der Waals surface area contributed by atoms with Gasteiger partial charge in [0.05, 0.1) is 5.92 Å². The summed E-state index contributed by atoms with van der Waals surface area (Å²) < 4.78 is 5.97. The summed E-state index contributed by atoms with van der Waals surface area (Å²) in [5.74, 6) is 1.20. The Morgan fingerprint density at radius 2 is 1.56 bits per heavy atom. The predicted octanol–water partition coefficient (Wildman–Crippen LogP) is 3.63. The molecule has 0 atom stereocenters. The van der Waals surface area contributed by atoms with Gasteiger partial charge < -0.3 is 15.0 Å². The van der Waals surface area contributed by atoms with Gasteiger partial charge in [-0.15, -0.1) is 0 Å². The molecule has 2 aromatic rings. The first kappa shape index (κ1) is 17.5. The number of nitrogens with zero attached hydrogens (tertiary/aromatic N) is 1. The maximum absolute atomic E-state index is 13.1. The smallest absolute Gasteiger partial charge is 0.232 e. The molecule has 0 unspecified atom stereocenters. The number of carbonyl (C=O) groups is 1. The summed E-state index contributed by atoms with van der Waals surface area (Å²) in [6, 6.07) is 15.5. The second-order valence-electron chi connectivity index (χ2n) is 7.73. The zero-order chi connectivity index (χ0) is 18.0. The molecule has 2 aromatic carbocycles. The van der Waals surface area contributed by atoms with Gasteiger partial charge in [0.1, 0.15) is 11.5 Å². The van der Waals surface area contributed by atoms with Crippen LogP contribution in [-0.4, -0.2) is 38.0 Å². The van der Waals surface area contributed by atoms with Gasteiger partial charge >= 0.3 is 0 Å². The van der Waals surface area contributed by atoms with Crippen LogP contribution < -0.4 is 10.1 Å². The molecule has 0 aliphatic carbocycles. The standard InChI is InChI=1S/C21H26N2O2/c1-21(2,14-23(3)4)13-22-20(24)19-15-9-5-7-11-17(15)25-18-12-8-6-10-16(18)19/h5-12,19H,13-14H2,1-4H3,(H,22,24). The summed E-state index contributed by atoms with van der Waals surface area (Å²) in [6.45, 7) is 5.87. The molecule has 25 heavy (non-hydrogen) atoms. The minimum atomic E-state index is -0.337. The van der Waals surface area contributed by atoms with Crippen LogP contribution >= 0.6 is 0 Å². The van der Waals surface area contributed by atoms with E-state index in [9.17, 15) is 4.79 Å². The van der Waals surface area contributed by atoms with E-state index in [1.165, 1.54) is 0 Å². The summed E-state index contributed by atoms with van der Waals surface area (Å²) >= 11 is 0. The van der Waals surface area contributed by atoms with Crippen LogP contribution in [0.2, 0.25) is 0 Å². The predicted molar refractivity (Wildman–Crippen MR) is 100 cm³/mol. The van der Waals surface area contributed by atoms with E-state index in [1.54, 1.807) is 0 Å². The van der Waals surface area contributed by atoms with Gasteiger partial charge in [0.15, 0.2) is 0 Å². The summed E-state index contributed by atoms with van der Waals surface area (Å²) in [6.07, 6.45) is 0. The molecule has 132 valence electrons. The van der Waals surface area contributed by atoms with Crippen molar-refractivity contribution in [2.24, 2.45) is 5.41 Å². The van der Waals surface area contributed by atoms with E-state index in [0.717, 1.165) is 29.2 Å². The minimum absolute atomic E-state index is 0.00334. The number of nitrogens with one attached hydrogen (secondary N) is 1. The second-order valence-corrected chi connectivity index (χ2v) is 7.73. The number of hydrogen-bond donors (Lipinski definition) is 1. The van der Waals surface area contributed by atoms with Gasteiger partial charge in [-0.3, -0.25) is 4.79 Å². The Labute approximate surface area is 149 Å². The van der Waals surface area contributed by atoms with E-state index < -0.39 is 0 Å². The van der Waals surface area contributed by atoms with Crippen molar-refractivity contribution in [1.82, 2.24) is 10.2 Å². The molecule has 1 N–H and O–H groups in total. The highest BCUT2D eigenvalue weighted by atomic mass is 16.5. The lowest BCUT2D eigenvalue weighted by Crippen LogP contribution is -2.42. The first-order chi connectivity index (χ1) is 11.9. The van der Waals surface area contributed by atoms with E-state index in [-0.39, 0.29) is 17.2 Å². The van der Waals surface area contributed by atoms with E-state index in [2.05, 4.69) is 38.2 Å². The molecule has 0 saturated heterocycles. The van der Waals surface area contributed by atoms with Crippen molar-refractivity contribution in [3.05, 3.63) is 59.7 Å². The maximum Gasteiger partial charge on any atom is 0.232 e. The van der Waals surface area contributed by atoms with Crippen LogP contribution in [0.3, 0.4) is 0 Å². The van der Waals surface area contributed by atoms with Crippen LogP contribution in [0.5, 0.6) is 11.5 Å². The van der Waals surface area contributed by atoms with Gasteiger partial charge in [-0.2, -0.15) is 0 Å². The minimum Gasteiger partial charge on any atom is -0.457 e. The molecule has 0 aromatic heterocycles. The highest BCUT2D eigenvalue weighted by Gasteiger charge is 2.33. The van der Waals surface area contributed by atoms with Crippen molar-refractivity contribution in [1.29, 1.82) is 0 Å². The van der Waals surface area contributed by atoms with Crippen LogP contribution in [0.25, 0.3) is 0 Å². The van der Waals surface area contributed by atoms with E-state index in [1.807, 2.05) is 48.5 Å². The van der Waals surface area contributed by atoms with Crippen molar-refractivity contribution < 1.29 is 9.53 Å². The first-order valence-corrected chi connectivity index (χ1v) is 8.65. The van der Waals surface area contributed by atoms with Crippen molar-refractivity contribution in [3.63, 3.8) is 0 Å². The van der Waals surface area contributed by atoms with E-state index in [0.29, 0.717) is 6.54 Å². The highest BCUT2D eigenvalue weighted by Crippen LogP contribution is 2.43. The SMILES string of the molecule is CN(C)CC(C)(C)CNC(=O)C1c2ccccc2Oc2ccccc21. The lowest BCUT2D eigenvalue weighted by molar-refractivity contribution is -0.122. The number of fused-ring (bicyclic) bond motifs is 2. The largest absolute Gasteiger partial charge is 0.457 e. The molecule has 1 amide bonds. The van der Waals surface area contributed by atoms with Gasteiger partial charge in [-0.1, -0.05) is 50.2 Å². The Morgan fingerprint density at radius 1 is 1.04 bits per heavy atom. The quantitative estimate of drug-likeness (QED) is 0.905. The Morgan fingerprint density at radius 3 is 2.08 bits per heavy atom. The molecule has 0 spiro atoms. The lowest BCUT2D eigenvalue weighted by Gasteiger charge is -2.31. The topological polar surface area (TPSA) is 41.6 Å². The molecular weight excluding hydrogens is 312 g/mol. The van der Waals surface area contributed by atoms with Gasteiger partial charge in [0.25, 0.3) is 0 Å². The number of rotatable bonds is 5. The second kappa shape index (κ2) is 6.89. The third kappa shape index (κ3) is 3.85. The number of carbonyl (C=O) groups excluding carboxylic acids is 1. The van der Waals surface area contributed by atoms with Crippen LogP contribution in [0, 0.1) is 5.41 Å². The summed E-state index contributed by atoms with van der Waals surface area (Å²) in [5, 5.41) is 3.16. The lowest BCUT2D eigenvalue weighted by atomic mass is 9.86. The van der Waals surface area contributed by atoms with E-state index in [4.69, 9.17) is 4.74 Å². The fourth-order valence-electron chi connectivity index (χ4n) is 3.53. The van der Waals surface area contributed by atoms with Crippen LogP contribution in [-0.2, 0) is 4.79 Å². The number of hydrogen-bond acceptors (Lipinski definition) is 3. The van der Waals surface area contributed by atoms with Gasteiger partial charge in [0, 0.05) is 24.2 Å². The van der Waals surface area contributed by atoms with Crippen LogP contribution in [0.4, 0.5) is 0 Å². The Kier molecular flexibility index (Phi) is 4.82. The summed E-state index contributed by atoms with van der Waals surface area (Å²) in [5.41, 5.74) is 1.84. The van der Waals surface area contributed by atoms with Crippen molar-refractivity contribution in [2.75, 3.05) is 27.2 Å². The number of benzene rings is 2. The molecule has 3 rings (SSSR count). The molecule has 0 saturated carbocycles. The molecule has 1 heterocycles. The molecule has 4 nitrogen and oxygen atoms in total. The summed E-state index contributed by atoms with van der Waals surface area (Å²) in [4.78, 5) is 15.2. The van der Waals surface area contributed by atoms with Crippen molar-refractivity contribution in [2.45, 2.75) is 19.8 Å². The molecule has 4 heteroatoms. The molecular formula is C21H26N2O2. The third-order valence-electron chi connectivity index (χ3n) is 4.43. The average molecular weight is 338 g/mol. The Hall–Kier alpha value is -2.33. The Bertz CT molecular complexity index is 722. The van der Waals surface area contributed by atoms with Gasteiger partial charge in [-0.25, -0.2) is 0 Å². The highest BCUT2D eigenvalue weighted by molar-refractivity contribution is 5.89. The van der Waals surface area contributed by atoms with Gasteiger partial charge in [-0.05, 0) is 31.6 Å². The number of ether oxygens (including phenoxy) is 1. The fraction of sp³-hybridized carbons (Fsp3) is 0.381. The first-order valence-electron chi connectivity index (χ1n) is 8.65. The molecule has 0 bridgehead atoms. The molecule has 0 fully saturated rings. The van der Waals surface area contributed by atoms with Crippen molar-refractivity contribution in [3.8, 4) is 11.5 Å².